The summed E-state index contributed by atoms with van der Waals surface area (Å²) in [5.74, 6) is -0.585. The van der Waals surface area contributed by atoms with Crippen LogP contribution in [0.1, 0.15) is 28.9 Å². The Hall–Kier alpha value is -3.60. The van der Waals surface area contributed by atoms with Gasteiger partial charge in [0.25, 0.3) is 5.91 Å². The number of benzene rings is 2. The summed E-state index contributed by atoms with van der Waals surface area (Å²) >= 11 is 0. The van der Waals surface area contributed by atoms with E-state index in [0.29, 0.717) is 27.7 Å². The van der Waals surface area contributed by atoms with Crippen molar-refractivity contribution >= 4 is 16.8 Å². The number of halogens is 1. The van der Waals surface area contributed by atoms with Crippen LogP contribution in [-0.4, -0.2) is 15.9 Å². The van der Waals surface area contributed by atoms with Crippen molar-refractivity contribution in [3.8, 4) is 11.3 Å². The minimum Gasteiger partial charge on any atom is -0.345 e. The summed E-state index contributed by atoms with van der Waals surface area (Å²) < 4.78 is 13.5. The lowest BCUT2D eigenvalue weighted by Gasteiger charge is -2.16. The minimum atomic E-state index is -0.344. The molecule has 1 unspecified atom stereocenters. The van der Waals surface area contributed by atoms with Crippen molar-refractivity contribution < 1.29 is 9.18 Å². The van der Waals surface area contributed by atoms with Gasteiger partial charge in [0, 0.05) is 23.3 Å². The first-order chi connectivity index (χ1) is 13.6. The van der Waals surface area contributed by atoms with Gasteiger partial charge < -0.3 is 5.32 Å². The molecular weight excluding hydrogens is 353 g/mol. The average Bonchev–Trinajstić information content (AvgIpc) is 2.73. The summed E-state index contributed by atoms with van der Waals surface area (Å²) in [6, 6.07) is 19.1. The molecule has 0 spiro atoms. The van der Waals surface area contributed by atoms with Crippen LogP contribution < -0.4 is 5.32 Å². The Morgan fingerprint density at radius 1 is 1.04 bits per heavy atom. The van der Waals surface area contributed by atoms with Gasteiger partial charge in [0.15, 0.2) is 0 Å². The highest BCUT2D eigenvalue weighted by Crippen LogP contribution is 2.25. The van der Waals surface area contributed by atoms with Crippen molar-refractivity contribution in [2.75, 3.05) is 0 Å². The molecule has 0 saturated heterocycles. The number of carbonyl (C=O) groups excluding carboxylic acids is 1. The molecule has 5 heteroatoms. The Labute approximate surface area is 162 Å². The van der Waals surface area contributed by atoms with Gasteiger partial charge in [-0.25, -0.2) is 9.37 Å². The minimum absolute atomic E-state index is 0.255. The molecule has 0 saturated carbocycles. The van der Waals surface area contributed by atoms with Crippen LogP contribution in [0.2, 0.25) is 0 Å². The summed E-state index contributed by atoms with van der Waals surface area (Å²) in [6.07, 6.45) is 3.29. The molecule has 0 aliphatic heterocycles. The van der Waals surface area contributed by atoms with E-state index in [1.807, 2.05) is 37.3 Å². The van der Waals surface area contributed by atoms with Crippen LogP contribution in [0, 0.1) is 5.82 Å². The fraction of sp³-hybridized carbons (Fsp3) is 0.0870. The summed E-state index contributed by atoms with van der Waals surface area (Å²) in [5.41, 5.74) is 3.52. The number of nitrogens with one attached hydrogen (secondary N) is 1. The number of aromatic nitrogens is 2. The molecule has 1 atom stereocenters. The number of hydrogen-bond acceptors (Lipinski definition) is 3. The van der Waals surface area contributed by atoms with Gasteiger partial charge in [0.2, 0.25) is 0 Å². The molecular formula is C23H18FN3O. The molecule has 4 aromatic rings. The molecule has 0 aliphatic rings. The van der Waals surface area contributed by atoms with E-state index in [2.05, 4.69) is 15.3 Å². The summed E-state index contributed by atoms with van der Waals surface area (Å²) in [7, 11) is 0. The van der Waals surface area contributed by atoms with E-state index in [1.54, 1.807) is 36.7 Å². The highest BCUT2D eigenvalue weighted by atomic mass is 19.1. The van der Waals surface area contributed by atoms with E-state index in [0.717, 1.165) is 5.56 Å². The predicted octanol–water partition coefficient (Wildman–Crippen LogP) is 4.93. The third-order valence-electron chi connectivity index (χ3n) is 4.62. The molecule has 4 nitrogen and oxygen atoms in total. The number of amides is 1. The second-order valence-electron chi connectivity index (χ2n) is 6.56. The third-order valence-corrected chi connectivity index (χ3v) is 4.62. The smallest absolute Gasteiger partial charge is 0.252 e. The average molecular weight is 371 g/mol. The standard InChI is InChI=1S/C23H18FN3O/c1-15(17-8-5-9-18(24)12-17)26-23(28)19-13-22(16-6-3-2-4-7-16)27-21-10-11-25-14-20(19)21/h2-15H,1H3,(H,26,28). The highest BCUT2D eigenvalue weighted by molar-refractivity contribution is 6.07. The van der Waals surface area contributed by atoms with E-state index < -0.39 is 0 Å². The maximum atomic E-state index is 13.5. The second-order valence-corrected chi connectivity index (χ2v) is 6.56. The molecule has 4 rings (SSSR count). The van der Waals surface area contributed by atoms with Crippen LogP contribution in [-0.2, 0) is 0 Å². The molecule has 138 valence electrons. The SMILES string of the molecule is CC(NC(=O)c1cc(-c2ccccc2)nc2ccncc12)c1cccc(F)c1. The molecule has 2 heterocycles. The van der Waals surface area contributed by atoms with Gasteiger partial charge in [-0.3, -0.25) is 9.78 Å². The monoisotopic (exact) mass is 371 g/mol. The van der Waals surface area contributed by atoms with Crippen LogP contribution in [0.5, 0.6) is 0 Å². The quantitative estimate of drug-likeness (QED) is 0.554. The van der Waals surface area contributed by atoms with Crippen molar-refractivity contribution in [2.24, 2.45) is 0 Å². The van der Waals surface area contributed by atoms with Crippen molar-refractivity contribution in [3.63, 3.8) is 0 Å². The Morgan fingerprint density at radius 3 is 2.64 bits per heavy atom. The van der Waals surface area contributed by atoms with Crippen molar-refractivity contribution in [1.82, 2.24) is 15.3 Å². The Bertz CT molecular complexity index is 1140. The number of carbonyl (C=O) groups is 1. The Balaban J connectivity index is 1.73. The number of hydrogen-bond donors (Lipinski definition) is 1. The van der Waals surface area contributed by atoms with Crippen molar-refractivity contribution in [2.45, 2.75) is 13.0 Å². The molecule has 0 radical (unpaired) electrons. The largest absolute Gasteiger partial charge is 0.345 e. The molecule has 0 fully saturated rings. The fourth-order valence-corrected chi connectivity index (χ4v) is 3.15. The zero-order valence-electron chi connectivity index (χ0n) is 15.3. The van der Waals surface area contributed by atoms with Crippen LogP contribution in [0.15, 0.2) is 79.1 Å². The van der Waals surface area contributed by atoms with Crippen molar-refractivity contribution in [1.29, 1.82) is 0 Å². The van der Waals surface area contributed by atoms with Crippen LogP contribution in [0.3, 0.4) is 0 Å². The van der Waals surface area contributed by atoms with E-state index in [4.69, 9.17) is 0 Å². The van der Waals surface area contributed by atoms with Gasteiger partial charge in [-0.1, -0.05) is 42.5 Å². The number of nitrogens with zero attached hydrogens (tertiary/aromatic N) is 2. The maximum absolute atomic E-state index is 13.5. The fourth-order valence-electron chi connectivity index (χ4n) is 3.15. The van der Waals surface area contributed by atoms with E-state index >= 15 is 0 Å². The molecule has 0 aliphatic carbocycles. The topological polar surface area (TPSA) is 54.9 Å². The molecule has 1 N–H and O–H groups in total. The first-order valence-electron chi connectivity index (χ1n) is 8.98. The zero-order valence-corrected chi connectivity index (χ0v) is 15.3. The highest BCUT2D eigenvalue weighted by Gasteiger charge is 2.17. The normalized spacial score (nSPS) is 11.9. The summed E-state index contributed by atoms with van der Waals surface area (Å²) in [4.78, 5) is 21.9. The second kappa shape index (κ2) is 7.56. The lowest BCUT2D eigenvalue weighted by molar-refractivity contribution is 0.0941. The van der Waals surface area contributed by atoms with Crippen molar-refractivity contribution in [3.05, 3.63) is 96.1 Å². The number of fused-ring (bicyclic) bond motifs is 1. The molecule has 1 amide bonds. The lowest BCUT2D eigenvalue weighted by Crippen LogP contribution is -2.27. The van der Waals surface area contributed by atoms with Crippen LogP contribution in [0.4, 0.5) is 4.39 Å². The van der Waals surface area contributed by atoms with Gasteiger partial charge in [-0.15, -0.1) is 0 Å². The molecule has 2 aromatic carbocycles. The first-order valence-corrected chi connectivity index (χ1v) is 8.98. The molecule has 0 bridgehead atoms. The Morgan fingerprint density at radius 2 is 1.86 bits per heavy atom. The first kappa shape index (κ1) is 17.8. The Kier molecular flexibility index (Phi) is 4.81. The van der Waals surface area contributed by atoms with Crippen LogP contribution >= 0.6 is 0 Å². The van der Waals surface area contributed by atoms with E-state index in [9.17, 15) is 9.18 Å². The third kappa shape index (κ3) is 3.60. The van der Waals surface area contributed by atoms with Crippen LogP contribution in [0.25, 0.3) is 22.2 Å². The van der Waals surface area contributed by atoms with Gasteiger partial charge in [0.05, 0.1) is 22.8 Å². The van der Waals surface area contributed by atoms with E-state index in [1.165, 1.54) is 12.1 Å². The predicted molar refractivity (Wildman–Crippen MR) is 107 cm³/mol. The number of rotatable bonds is 4. The van der Waals surface area contributed by atoms with Gasteiger partial charge in [-0.2, -0.15) is 0 Å². The van der Waals surface area contributed by atoms with Gasteiger partial charge >= 0.3 is 0 Å². The lowest BCUT2D eigenvalue weighted by atomic mass is 10.0. The summed E-state index contributed by atoms with van der Waals surface area (Å²) in [6.45, 7) is 1.83. The van der Waals surface area contributed by atoms with Gasteiger partial charge in [-0.05, 0) is 36.8 Å². The zero-order chi connectivity index (χ0) is 19.5. The van der Waals surface area contributed by atoms with Gasteiger partial charge in [0.1, 0.15) is 5.82 Å². The number of pyridine rings is 2. The molecule has 28 heavy (non-hydrogen) atoms. The maximum Gasteiger partial charge on any atom is 0.252 e. The molecule has 2 aromatic heterocycles. The summed E-state index contributed by atoms with van der Waals surface area (Å²) in [5, 5.41) is 3.62. The van der Waals surface area contributed by atoms with E-state index in [-0.39, 0.29) is 17.8 Å².